The van der Waals surface area contributed by atoms with Crippen molar-refractivity contribution in [3.63, 3.8) is 0 Å². The third-order valence-electron chi connectivity index (χ3n) is 2.57. The van der Waals surface area contributed by atoms with E-state index < -0.39 is 11.7 Å². The average Bonchev–Trinajstić information content (AvgIpc) is 2.32. The van der Waals surface area contributed by atoms with Gasteiger partial charge in [0, 0.05) is 10.2 Å². The first kappa shape index (κ1) is 15.1. The van der Waals surface area contributed by atoms with Crippen LogP contribution in [0.3, 0.4) is 0 Å². The van der Waals surface area contributed by atoms with Crippen LogP contribution in [-0.2, 0) is 6.18 Å². The molecule has 0 fully saturated rings. The van der Waals surface area contributed by atoms with Gasteiger partial charge in [-0.25, -0.2) is 4.98 Å². The molecule has 0 amide bonds. The fraction of sp³-hybridized carbons (Fsp3) is 0.154. The second-order valence-corrected chi connectivity index (χ2v) is 5.39. The van der Waals surface area contributed by atoms with Crippen LogP contribution in [0.5, 0.6) is 0 Å². The zero-order valence-corrected chi connectivity index (χ0v) is 12.6. The monoisotopic (exact) mass is 364 g/mol. The minimum atomic E-state index is -4.46. The van der Waals surface area contributed by atoms with E-state index in [4.69, 9.17) is 11.6 Å². The minimum Gasteiger partial charge on any atom is -0.340 e. The molecule has 1 aromatic carbocycles. The number of anilines is 2. The SMILES string of the molecule is Cc1ccc(Nc2cc(C(F)(F)F)cc(Cl)n2)cc1Br. The van der Waals surface area contributed by atoms with Crippen LogP contribution in [-0.4, -0.2) is 4.98 Å². The molecule has 0 saturated heterocycles. The molecular formula is C13H9BrClF3N2. The van der Waals surface area contributed by atoms with Crippen LogP contribution in [0, 0.1) is 6.92 Å². The topological polar surface area (TPSA) is 24.9 Å². The smallest absolute Gasteiger partial charge is 0.340 e. The van der Waals surface area contributed by atoms with E-state index in [1.54, 1.807) is 12.1 Å². The molecule has 1 N–H and O–H groups in total. The first-order chi connectivity index (χ1) is 9.25. The predicted octanol–water partition coefficient (Wildman–Crippen LogP) is 5.57. The number of aryl methyl sites for hydroxylation is 1. The van der Waals surface area contributed by atoms with Crippen molar-refractivity contribution in [2.75, 3.05) is 5.32 Å². The summed E-state index contributed by atoms with van der Waals surface area (Å²) in [6.07, 6.45) is -4.46. The van der Waals surface area contributed by atoms with Gasteiger partial charge in [-0.2, -0.15) is 13.2 Å². The summed E-state index contributed by atoms with van der Waals surface area (Å²) in [6, 6.07) is 7.04. The normalized spacial score (nSPS) is 11.5. The fourth-order valence-electron chi connectivity index (χ4n) is 1.54. The largest absolute Gasteiger partial charge is 0.416 e. The van der Waals surface area contributed by atoms with Crippen molar-refractivity contribution in [1.29, 1.82) is 0 Å². The van der Waals surface area contributed by atoms with Gasteiger partial charge in [0.25, 0.3) is 0 Å². The highest BCUT2D eigenvalue weighted by molar-refractivity contribution is 9.10. The van der Waals surface area contributed by atoms with Crippen molar-refractivity contribution in [1.82, 2.24) is 4.98 Å². The third-order valence-corrected chi connectivity index (χ3v) is 3.61. The lowest BCUT2D eigenvalue weighted by molar-refractivity contribution is -0.137. The molecule has 0 aliphatic heterocycles. The molecule has 7 heteroatoms. The number of alkyl halides is 3. The Morgan fingerprint density at radius 2 is 1.90 bits per heavy atom. The van der Waals surface area contributed by atoms with E-state index in [-0.39, 0.29) is 11.0 Å². The lowest BCUT2D eigenvalue weighted by Crippen LogP contribution is -2.06. The van der Waals surface area contributed by atoms with Crippen molar-refractivity contribution in [2.45, 2.75) is 13.1 Å². The number of hydrogen-bond donors (Lipinski definition) is 1. The highest BCUT2D eigenvalue weighted by Crippen LogP contribution is 2.33. The molecule has 0 aliphatic carbocycles. The van der Waals surface area contributed by atoms with E-state index in [9.17, 15) is 13.2 Å². The Morgan fingerprint density at radius 3 is 2.50 bits per heavy atom. The summed E-state index contributed by atoms with van der Waals surface area (Å²) >= 11 is 8.97. The molecule has 0 unspecified atom stereocenters. The Morgan fingerprint density at radius 1 is 1.20 bits per heavy atom. The lowest BCUT2D eigenvalue weighted by atomic mass is 10.2. The van der Waals surface area contributed by atoms with Crippen molar-refractivity contribution in [2.24, 2.45) is 0 Å². The molecule has 106 valence electrons. The molecule has 0 bridgehead atoms. The van der Waals surface area contributed by atoms with Crippen molar-refractivity contribution >= 4 is 39.0 Å². The summed E-state index contributed by atoms with van der Waals surface area (Å²) in [5, 5.41) is 2.59. The minimum absolute atomic E-state index is 0.0422. The molecule has 2 aromatic rings. The summed E-state index contributed by atoms with van der Waals surface area (Å²) < 4.78 is 38.9. The first-order valence-corrected chi connectivity index (χ1v) is 6.71. The summed E-state index contributed by atoms with van der Waals surface area (Å²) in [4.78, 5) is 3.83. The number of nitrogens with zero attached hydrogens (tertiary/aromatic N) is 1. The van der Waals surface area contributed by atoms with Gasteiger partial charge in [-0.1, -0.05) is 33.6 Å². The quantitative estimate of drug-likeness (QED) is 0.704. The van der Waals surface area contributed by atoms with Gasteiger partial charge in [0.05, 0.1) is 5.56 Å². The molecular weight excluding hydrogens is 357 g/mol. The number of hydrogen-bond acceptors (Lipinski definition) is 2. The molecule has 0 aliphatic rings. The molecule has 0 radical (unpaired) electrons. The third kappa shape index (κ3) is 3.64. The predicted molar refractivity (Wildman–Crippen MR) is 76.4 cm³/mol. The second-order valence-electron chi connectivity index (χ2n) is 4.15. The van der Waals surface area contributed by atoms with Gasteiger partial charge in [-0.3, -0.25) is 0 Å². The number of rotatable bonds is 2. The van der Waals surface area contributed by atoms with E-state index in [2.05, 4.69) is 26.2 Å². The number of pyridine rings is 1. The molecule has 1 heterocycles. The average molecular weight is 366 g/mol. The molecule has 20 heavy (non-hydrogen) atoms. The Hall–Kier alpha value is -1.27. The summed E-state index contributed by atoms with van der Waals surface area (Å²) in [5.74, 6) is 0.0422. The number of benzene rings is 1. The van der Waals surface area contributed by atoms with Crippen molar-refractivity contribution in [3.05, 3.63) is 51.1 Å². The maximum absolute atomic E-state index is 12.7. The van der Waals surface area contributed by atoms with Gasteiger partial charge in [0.1, 0.15) is 11.0 Å². The Bertz CT molecular complexity index is 644. The fourth-order valence-corrected chi connectivity index (χ4v) is 2.13. The molecule has 1 aromatic heterocycles. The van der Waals surface area contributed by atoms with E-state index in [0.29, 0.717) is 5.69 Å². The van der Waals surface area contributed by atoms with Gasteiger partial charge < -0.3 is 5.32 Å². The van der Waals surface area contributed by atoms with Crippen LogP contribution in [0.15, 0.2) is 34.8 Å². The first-order valence-electron chi connectivity index (χ1n) is 5.53. The van der Waals surface area contributed by atoms with Gasteiger partial charge in [0.2, 0.25) is 0 Å². The van der Waals surface area contributed by atoms with Gasteiger partial charge in [0.15, 0.2) is 0 Å². The molecule has 0 saturated carbocycles. The Labute approximate surface area is 127 Å². The molecule has 0 atom stereocenters. The molecule has 2 rings (SSSR count). The lowest BCUT2D eigenvalue weighted by Gasteiger charge is -2.11. The van der Waals surface area contributed by atoms with Crippen LogP contribution in [0.2, 0.25) is 5.15 Å². The maximum atomic E-state index is 12.7. The maximum Gasteiger partial charge on any atom is 0.416 e. The van der Waals surface area contributed by atoms with Crippen LogP contribution >= 0.6 is 27.5 Å². The second kappa shape index (κ2) is 5.61. The zero-order chi connectivity index (χ0) is 14.9. The van der Waals surface area contributed by atoms with Crippen LogP contribution in [0.25, 0.3) is 0 Å². The summed E-state index contributed by atoms with van der Waals surface area (Å²) in [7, 11) is 0. The van der Waals surface area contributed by atoms with E-state index in [1.807, 2.05) is 13.0 Å². The van der Waals surface area contributed by atoms with Gasteiger partial charge >= 0.3 is 6.18 Å². The summed E-state index contributed by atoms with van der Waals surface area (Å²) in [5.41, 5.74) is 0.794. The van der Waals surface area contributed by atoms with Crippen LogP contribution in [0.1, 0.15) is 11.1 Å². The van der Waals surface area contributed by atoms with Crippen LogP contribution < -0.4 is 5.32 Å². The zero-order valence-electron chi connectivity index (χ0n) is 10.2. The molecule has 2 nitrogen and oxygen atoms in total. The van der Waals surface area contributed by atoms with Gasteiger partial charge in [-0.15, -0.1) is 0 Å². The highest BCUT2D eigenvalue weighted by Gasteiger charge is 2.31. The van der Waals surface area contributed by atoms with Gasteiger partial charge in [-0.05, 0) is 36.8 Å². The number of halogens is 5. The number of nitrogens with one attached hydrogen (secondary N) is 1. The van der Waals surface area contributed by atoms with Crippen LogP contribution in [0.4, 0.5) is 24.7 Å². The standard InChI is InChI=1S/C13H9BrClF3N2/c1-7-2-3-9(6-10(7)14)19-12-5-8(13(16,17)18)4-11(15)20-12/h2-6H,1H3,(H,19,20). The van der Waals surface area contributed by atoms with Crippen molar-refractivity contribution in [3.8, 4) is 0 Å². The Kier molecular flexibility index (Phi) is 4.25. The number of aromatic nitrogens is 1. The highest BCUT2D eigenvalue weighted by atomic mass is 79.9. The molecule has 0 spiro atoms. The van der Waals surface area contributed by atoms with E-state index in [1.165, 1.54) is 0 Å². The van der Waals surface area contributed by atoms with E-state index in [0.717, 1.165) is 22.2 Å². The summed E-state index contributed by atoms with van der Waals surface area (Å²) in [6.45, 7) is 1.91. The Balaban J connectivity index is 2.33. The van der Waals surface area contributed by atoms with E-state index >= 15 is 0 Å². The van der Waals surface area contributed by atoms with Crippen molar-refractivity contribution < 1.29 is 13.2 Å².